The Balaban J connectivity index is 1.42. The molecular weight excluding hydrogens is 498 g/mol. The largest absolute Gasteiger partial charge is 0.508 e. The SMILES string of the molecule is NCc1ccc2c(c1)C(=O)OC21c2ccc(O)cc2Oc2cc(OC(=O)N(O)N3C(=O)CCC3=O)ccc21. The highest BCUT2D eigenvalue weighted by atomic mass is 16.7. The van der Waals surface area contributed by atoms with Gasteiger partial charge in [-0.3, -0.25) is 14.8 Å². The topological polar surface area (TPSA) is 169 Å². The number of nitrogens with two attached hydrogens (primary N) is 1. The molecule has 0 bridgehead atoms. The zero-order valence-electron chi connectivity index (χ0n) is 19.5. The predicted molar refractivity (Wildman–Crippen MR) is 125 cm³/mol. The first-order chi connectivity index (χ1) is 18.2. The van der Waals surface area contributed by atoms with Crippen LogP contribution in [0.4, 0.5) is 4.79 Å². The number of phenols is 1. The van der Waals surface area contributed by atoms with Crippen LogP contribution in [-0.2, 0) is 26.5 Å². The number of carbonyl (C=O) groups excluding carboxylic acids is 4. The predicted octanol–water partition coefficient (Wildman–Crippen LogP) is 2.67. The molecule has 1 unspecified atom stereocenters. The van der Waals surface area contributed by atoms with Gasteiger partial charge in [-0.2, -0.15) is 5.01 Å². The minimum absolute atomic E-state index is 0.0937. The molecule has 6 rings (SSSR count). The summed E-state index contributed by atoms with van der Waals surface area (Å²) < 4.78 is 17.2. The molecule has 3 aliphatic heterocycles. The van der Waals surface area contributed by atoms with E-state index in [1.165, 1.54) is 30.3 Å². The quantitative estimate of drug-likeness (QED) is 0.203. The standard InChI is InChI=1S/C26H19N3O9/c27-12-13-1-4-17-16(9-13)24(33)38-26(17)18-5-2-14(30)10-20(18)37-21-11-15(3-6-19(21)26)36-25(34)29(35)28-22(31)7-8-23(28)32/h1-6,9-11,30,35H,7-8,12,27H2. The van der Waals surface area contributed by atoms with Gasteiger partial charge in [-0.1, -0.05) is 17.3 Å². The summed E-state index contributed by atoms with van der Waals surface area (Å²) in [6.07, 6.45) is -1.68. The number of esters is 1. The number of amides is 3. The van der Waals surface area contributed by atoms with Crippen LogP contribution < -0.4 is 15.2 Å². The Morgan fingerprint density at radius 3 is 2.34 bits per heavy atom. The fraction of sp³-hybridized carbons (Fsp3) is 0.154. The van der Waals surface area contributed by atoms with Crippen molar-refractivity contribution in [1.82, 2.24) is 10.2 Å². The van der Waals surface area contributed by atoms with E-state index < -0.39 is 29.5 Å². The van der Waals surface area contributed by atoms with Crippen molar-refractivity contribution in [2.24, 2.45) is 5.73 Å². The Kier molecular flexibility index (Phi) is 5.12. The lowest BCUT2D eigenvalue weighted by Crippen LogP contribution is -2.48. The molecule has 0 saturated carbocycles. The van der Waals surface area contributed by atoms with Crippen molar-refractivity contribution in [2.75, 3.05) is 0 Å². The van der Waals surface area contributed by atoms with Crippen LogP contribution in [-0.4, -0.2) is 44.4 Å². The molecule has 3 aromatic rings. The van der Waals surface area contributed by atoms with Crippen LogP contribution in [0.25, 0.3) is 0 Å². The van der Waals surface area contributed by atoms with Crippen molar-refractivity contribution in [2.45, 2.75) is 25.0 Å². The number of aromatic hydroxyl groups is 1. The number of nitrogens with zero attached hydrogens (tertiary/aromatic N) is 2. The van der Waals surface area contributed by atoms with Gasteiger partial charge in [0.05, 0.1) is 5.56 Å². The summed E-state index contributed by atoms with van der Waals surface area (Å²) in [4.78, 5) is 49.2. The third-order valence-electron chi connectivity index (χ3n) is 6.64. The molecule has 3 amide bonds. The smallest absolute Gasteiger partial charge is 0.460 e. The maximum Gasteiger partial charge on any atom is 0.460 e. The summed E-state index contributed by atoms with van der Waals surface area (Å²) in [5.74, 6) is -1.94. The lowest BCUT2D eigenvalue weighted by Gasteiger charge is -2.36. The van der Waals surface area contributed by atoms with Gasteiger partial charge in [0.2, 0.25) is 0 Å². The fourth-order valence-corrected chi connectivity index (χ4v) is 4.93. The molecule has 0 radical (unpaired) electrons. The Labute approximate surface area is 214 Å². The maximum atomic E-state index is 13.0. The molecule has 3 heterocycles. The minimum atomic E-state index is -1.43. The van der Waals surface area contributed by atoms with E-state index in [-0.39, 0.29) is 47.6 Å². The number of hydrazine groups is 1. The second-order valence-electron chi connectivity index (χ2n) is 8.85. The minimum Gasteiger partial charge on any atom is -0.508 e. The van der Waals surface area contributed by atoms with Crippen molar-refractivity contribution in [1.29, 1.82) is 0 Å². The third kappa shape index (κ3) is 3.31. The first kappa shape index (κ1) is 23.5. The zero-order valence-corrected chi connectivity index (χ0v) is 19.5. The lowest BCUT2D eigenvalue weighted by atomic mass is 9.77. The van der Waals surface area contributed by atoms with Gasteiger partial charge in [-0.25, -0.2) is 9.59 Å². The van der Waals surface area contributed by atoms with Crippen molar-refractivity contribution in [3.05, 3.63) is 82.4 Å². The van der Waals surface area contributed by atoms with E-state index in [1.54, 1.807) is 24.3 Å². The first-order valence-corrected chi connectivity index (χ1v) is 11.5. The fourth-order valence-electron chi connectivity index (χ4n) is 4.93. The highest BCUT2D eigenvalue weighted by Crippen LogP contribution is 2.57. The van der Waals surface area contributed by atoms with Crippen LogP contribution in [0.3, 0.4) is 0 Å². The molecule has 12 nitrogen and oxygen atoms in total. The number of ether oxygens (including phenoxy) is 3. The van der Waals surface area contributed by atoms with E-state index in [0.717, 1.165) is 5.56 Å². The summed E-state index contributed by atoms with van der Waals surface area (Å²) in [5, 5.41) is 20.3. The van der Waals surface area contributed by atoms with Gasteiger partial charge in [0.15, 0.2) is 5.60 Å². The third-order valence-corrected chi connectivity index (χ3v) is 6.64. The van der Waals surface area contributed by atoms with E-state index in [0.29, 0.717) is 27.3 Å². The molecule has 38 heavy (non-hydrogen) atoms. The average molecular weight is 517 g/mol. The lowest BCUT2D eigenvalue weighted by molar-refractivity contribution is -0.207. The van der Waals surface area contributed by atoms with Gasteiger partial charge < -0.3 is 25.1 Å². The molecule has 192 valence electrons. The van der Waals surface area contributed by atoms with Gasteiger partial charge in [0.1, 0.15) is 23.0 Å². The van der Waals surface area contributed by atoms with Crippen molar-refractivity contribution >= 4 is 23.9 Å². The highest BCUT2D eigenvalue weighted by molar-refractivity contribution is 6.02. The van der Waals surface area contributed by atoms with E-state index >= 15 is 0 Å². The molecule has 0 aliphatic carbocycles. The summed E-state index contributed by atoms with van der Waals surface area (Å²) in [5.41, 5.74) is 6.80. The second kappa shape index (κ2) is 8.30. The maximum absolute atomic E-state index is 13.0. The van der Waals surface area contributed by atoms with E-state index in [2.05, 4.69) is 0 Å². The number of rotatable bonds is 3. The summed E-state index contributed by atoms with van der Waals surface area (Å²) in [6.45, 7) is 0.225. The number of imide groups is 1. The number of hydrogen-bond acceptors (Lipinski definition) is 10. The average Bonchev–Trinajstić information content (AvgIpc) is 3.38. The van der Waals surface area contributed by atoms with Crippen LogP contribution in [0, 0.1) is 0 Å². The van der Waals surface area contributed by atoms with Gasteiger partial charge in [0, 0.05) is 48.2 Å². The van der Waals surface area contributed by atoms with Crippen LogP contribution in [0.1, 0.15) is 45.5 Å². The molecule has 1 fully saturated rings. The summed E-state index contributed by atoms with van der Waals surface area (Å²) >= 11 is 0. The normalized spacial score (nSPS) is 19.0. The van der Waals surface area contributed by atoms with Gasteiger partial charge >= 0.3 is 12.1 Å². The molecule has 1 spiro atoms. The number of carbonyl (C=O) groups is 4. The van der Waals surface area contributed by atoms with Gasteiger partial charge in [-0.05, 0) is 35.9 Å². The van der Waals surface area contributed by atoms with Gasteiger partial charge in [-0.15, -0.1) is 0 Å². The van der Waals surface area contributed by atoms with Crippen molar-refractivity contribution < 1.29 is 43.7 Å². The summed E-state index contributed by atoms with van der Waals surface area (Å²) in [6, 6.07) is 13.8. The zero-order chi connectivity index (χ0) is 26.8. The molecule has 1 saturated heterocycles. The van der Waals surface area contributed by atoms with Crippen LogP contribution in [0.15, 0.2) is 54.6 Å². The monoisotopic (exact) mass is 517 g/mol. The van der Waals surface area contributed by atoms with Crippen molar-refractivity contribution in [3.8, 4) is 23.0 Å². The van der Waals surface area contributed by atoms with Crippen LogP contribution >= 0.6 is 0 Å². The number of hydrogen-bond donors (Lipinski definition) is 3. The van der Waals surface area contributed by atoms with Crippen LogP contribution in [0.5, 0.6) is 23.0 Å². The Hall–Kier alpha value is -4.94. The molecule has 12 heteroatoms. The second-order valence-corrected chi connectivity index (χ2v) is 8.85. The molecule has 3 aromatic carbocycles. The molecular formula is C26H19N3O9. The van der Waals surface area contributed by atoms with Crippen LogP contribution in [0.2, 0.25) is 0 Å². The summed E-state index contributed by atoms with van der Waals surface area (Å²) in [7, 11) is 0. The first-order valence-electron chi connectivity index (χ1n) is 11.5. The molecule has 1 atom stereocenters. The van der Waals surface area contributed by atoms with E-state index in [9.17, 15) is 29.5 Å². The number of fused-ring (bicyclic) bond motifs is 6. The van der Waals surface area contributed by atoms with E-state index in [1.807, 2.05) is 0 Å². The highest BCUT2D eigenvalue weighted by Gasteiger charge is 2.53. The Bertz CT molecular complexity index is 1550. The van der Waals surface area contributed by atoms with E-state index in [4.69, 9.17) is 19.9 Å². The number of hydroxylamine groups is 1. The van der Waals surface area contributed by atoms with Crippen molar-refractivity contribution in [3.63, 3.8) is 0 Å². The Morgan fingerprint density at radius 2 is 1.63 bits per heavy atom. The van der Waals surface area contributed by atoms with Gasteiger partial charge in [0.25, 0.3) is 11.8 Å². The Morgan fingerprint density at radius 1 is 0.974 bits per heavy atom. The molecule has 3 aliphatic rings. The molecule has 4 N–H and O–H groups in total. The number of phenolic OH excluding ortho intramolecular Hbond substituents is 1. The number of benzene rings is 3. The molecule has 0 aromatic heterocycles.